The molecular formula is C24H27BrN2O4. The molecule has 1 N–H and O–H groups in total. The largest absolute Gasteiger partial charge is 0.492 e. The van der Waals surface area contributed by atoms with Gasteiger partial charge in [0.05, 0.1) is 4.47 Å². The zero-order valence-electron chi connectivity index (χ0n) is 17.6. The quantitative estimate of drug-likeness (QED) is 0.503. The minimum atomic E-state index is -0.243. The summed E-state index contributed by atoms with van der Waals surface area (Å²) in [6.45, 7) is 3.57. The third kappa shape index (κ3) is 5.67. The molecule has 0 spiro atoms. The van der Waals surface area contributed by atoms with Gasteiger partial charge in [0.15, 0.2) is 5.76 Å². The Bertz CT molecular complexity index is 1030. The minimum absolute atomic E-state index is 0.243. The number of halogens is 1. The lowest BCUT2D eigenvalue weighted by molar-refractivity contribution is 0.0392. The van der Waals surface area contributed by atoms with Crippen LogP contribution in [0, 0.1) is 0 Å². The molecule has 3 aromatic rings. The van der Waals surface area contributed by atoms with Crippen molar-refractivity contribution in [3.05, 3.63) is 64.3 Å². The molecule has 6 nitrogen and oxygen atoms in total. The molecule has 1 aliphatic rings. The Labute approximate surface area is 190 Å². The zero-order valence-corrected chi connectivity index (χ0v) is 19.2. The SMILES string of the molecule is CN(CCOc1cccc(CNC(=O)c2cc3cccc(Br)c3o2)c1)C1CCOCC1. The maximum absolute atomic E-state index is 12.5. The maximum Gasteiger partial charge on any atom is 0.287 e. The zero-order chi connectivity index (χ0) is 21.6. The number of furan rings is 1. The highest BCUT2D eigenvalue weighted by Gasteiger charge is 2.18. The van der Waals surface area contributed by atoms with Gasteiger partial charge >= 0.3 is 0 Å². The van der Waals surface area contributed by atoms with Gasteiger partial charge in [0, 0.05) is 37.7 Å². The van der Waals surface area contributed by atoms with Gasteiger partial charge in [-0.1, -0.05) is 24.3 Å². The number of carbonyl (C=O) groups is 1. The van der Waals surface area contributed by atoms with E-state index >= 15 is 0 Å². The van der Waals surface area contributed by atoms with Crippen molar-refractivity contribution in [2.45, 2.75) is 25.4 Å². The van der Waals surface area contributed by atoms with E-state index in [1.165, 1.54) is 0 Å². The summed E-state index contributed by atoms with van der Waals surface area (Å²) in [6, 6.07) is 15.9. The van der Waals surface area contributed by atoms with Gasteiger partial charge in [-0.25, -0.2) is 0 Å². The number of amides is 1. The van der Waals surface area contributed by atoms with E-state index in [1.807, 2.05) is 42.5 Å². The summed E-state index contributed by atoms with van der Waals surface area (Å²) in [5, 5.41) is 3.81. The smallest absolute Gasteiger partial charge is 0.287 e. The molecule has 4 rings (SSSR count). The summed E-state index contributed by atoms with van der Waals surface area (Å²) in [5.41, 5.74) is 1.65. The molecule has 2 aromatic carbocycles. The van der Waals surface area contributed by atoms with Gasteiger partial charge in [0.2, 0.25) is 0 Å². The summed E-state index contributed by atoms with van der Waals surface area (Å²) >= 11 is 3.45. The number of rotatable bonds is 8. The predicted octanol–water partition coefficient (Wildman–Crippen LogP) is 4.61. The number of carbonyl (C=O) groups excluding carboxylic acids is 1. The normalized spacial score (nSPS) is 14.8. The van der Waals surface area contributed by atoms with E-state index < -0.39 is 0 Å². The maximum atomic E-state index is 12.5. The van der Waals surface area contributed by atoms with Crippen molar-refractivity contribution in [2.24, 2.45) is 0 Å². The first kappa shape index (κ1) is 21.9. The van der Waals surface area contributed by atoms with Crippen LogP contribution < -0.4 is 10.1 Å². The number of likely N-dealkylation sites (N-methyl/N-ethyl adjacent to an activating group) is 1. The van der Waals surface area contributed by atoms with Crippen molar-refractivity contribution in [1.29, 1.82) is 0 Å². The molecule has 1 fully saturated rings. The van der Waals surface area contributed by atoms with Crippen LogP contribution in [0.2, 0.25) is 0 Å². The van der Waals surface area contributed by atoms with Crippen LogP contribution in [0.4, 0.5) is 0 Å². The van der Waals surface area contributed by atoms with E-state index in [2.05, 4.69) is 33.2 Å². The van der Waals surface area contributed by atoms with Crippen LogP contribution in [0.15, 0.2) is 57.4 Å². The number of ether oxygens (including phenoxy) is 2. The second-order valence-electron chi connectivity index (χ2n) is 7.77. The Kier molecular flexibility index (Phi) is 7.27. The van der Waals surface area contributed by atoms with Crippen LogP contribution in [0.25, 0.3) is 11.0 Å². The first-order valence-electron chi connectivity index (χ1n) is 10.6. The van der Waals surface area contributed by atoms with Crippen LogP contribution in [0.1, 0.15) is 29.0 Å². The summed E-state index contributed by atoms with van der Waals surface area (Å²) in [7, 11) is 2.14. The summed E-state index contributed by atoms with van der Waals surface area (Å²) in [4.78, 5) is 14.9. The first-order chi connectivity index (χ1) is 15.1. The van der Waals surface area contributed by atoms with E-state index in [4.69, 9.17) is 13.9 Å². The molecule has 1 aliphatic heterocycles. The Morgan fingerprint density at radius 1 is 1.19 bits per heavy atom. The highest BCUT2D eigenvalue weighted by atomic mass is 79.9. The summed E-state index contributed by atoms with van der Waals surface area (Å²) in [5.74, 6) is 0.859. The van der Waals surface area contributed by atoms with Crippen molar-refractivity contribution in [3.8, 4) is 5.75 Å². The molecule has 0 aliphatic carbocycles. The monoisotopic (exact) mass is 486 g/mol. The second kappa shape index (κ2) is 10.3. The van der Waals surface area contributed by atoms with Crippen molar-refractivity contribution >= 4 is 32.8 Å². The van der Waals surface area contributed by atoms with Crippen LogP contribution in [-0.4, -0.2) is 50.3 Å². The van der Waals surface area contributed by atoms with E-state index in [-0.39, 0.29) is 5.91 Å². The molecule has 0 unspecified atom stereocenters. The average molecular weight is 487 g/mol. The lowest BCUT2D eigenvalue weighted by atomic mass is 10.1. The Balaban J connectivity index is 1.27. The van der Waals surface area contributed by atoms with Gasteiger partial charge in [-0.2, -0.15) is 0 Å². The molecule has 1 aromatic heterocycles. The van der Waals surface area contributed by atoms with Crippen molar-refractivity contribution in [2.75, 3.05) is 33.4 Å². The van der Waals surface area contributed by atoms with Gasteiger partial charge in [0.1, 0.15) is 17.9 Å². The molecular weight excluding hydrogens is 460 g/mol. The van der Waals surface area contributed by atoms with Crippen LogP contribution in [0.5, 0.6) is 5.75 Å². The third-order valence-corrected chi connectivity index (χ3v) is 6.22. The van der Waals surface area contributed by atoms with Gasteiger partial charge in [-0.05, 0) is 65.6 Å². The molecule has 2 heterocycles. The number of benzene rings is 2. The van der Waals surface area contributed by atoms with Crippen molar-refractivity contribution in [3.63, 3.8) is 0 Å². The molecule has 0 radical (unpaired) electrons. The summed E-state index contributed by atoms with van der Waals surface area (Å²) < 4.78 is 17.9. The molecule has 164 valence electrons. The molecule has 1 saturated heterocycles. The molecule has 0 atom stereocenters. The number of para-hydroxylation sites is 1. The van der Waals surface area contributed by atoms with Gasteiger partial charge in [-0.15, -0.1) is 0 Å². The Hall–Kier alpha value is -2.35. The Morgan fingerprint density at radius 2 is 2.00 bits per heavy atom. The molecule has 0 saturated carbocycles. The number of nitrogens with one attached hydrogen (secondary N) is 1. The molecule has 0 bridgehead atoms. The van der Waals surface area contributed by atoms with E-state index in [0.717, 1.165) is 53.8 Å². The van der Waals surface area contributed by atoms with E-state index in [9.17, 15) is 4.79 Å². The van der Waals surface area contributed by atoms with Crippen LogP contribution in [0.3, 0.4) is 0 Å². The topological polar surface area (TPSA) is 63.9 Å². The number of nitrogens with zero attached hydrogens (tertiary/aromatic N) is 1. The van der Waals surface area contributed by atoms with Gasteiger partial charge < -0.3 is 19.2 Å². The van der Waals surface area contributed by atoms with Crippen molar-refractivity contribution in [1.82, 2.24) is 10.2 Å². The van der Waals surface area contributed by atoms with Crippen LogP contribution >= 0.6 is 15.9 Å². The standard InChI is InChI=1S/C24H27BrN2O4/c1-27(19-8-11-29-12-9-19)10-13-30-20-6-2-4-17(14-20)16-26-24(28)22-15-18-5-3-7-21(25)23(18)31-22/h2-7,14-15,19H,8-13,16H2,1H3,(H,26,28). The number of hydrogen-bond acceptors (Lipinski definition) is 5. The molecule has 31 heavy (non-hydrogen) atoms. The fourth-order valence-corrected chi connectivity index (χ4v) is 4.23. The lowest BCUT2D eigenvalue weighted by Gasteiger charge is -2.31. The van der Waals surface area contributed by atoms with E-state index in [1.54, 1.807) is 6.07 Å². The number of fused-ring (bicyclic) bond motifs is 1. The third-order valence-electron chi connectivity index (χ3n) is 5.60. The van der Waals surface area contributed by atoms with Gasteiger partial charge in [0.25, 0.3) is 5.91 Å². The molecule has 7 heteroatoms. The first-order valence-corrected chi connectivity index (χ1v) is 11.4. The average Bonchev–Trinajstić information content (AvgIpc) is 3.24. The number of hydrogen-bond donors (Lipinski definition) is 1. The predicted molar refractivity (Wildman–Crippen MR) is 123 cm³/mol. The highest BCUT2D eigenvalue weighted by molar-refractivity contribution is 9.10. The molecule has 1 amide bonds. The van der Waals surface area contributed by atoms with Crippen molar-refractivity contribution < 1.29 is 18.7 Å². The fraction of sp³-hybridized carbons (Fsp3) is 0.375. The lowest BCUT2D eigenvalue weighted by Crippen LogP contribution is -2.38. The fourth-order valence-electron chi connectivity index (χ4n) is 3.77. The van der Waals surface area contributed by atoms with Crippen LogP contribution in [-0.2, 0) is 11.3 Å². The van der Waals surface area contributed by atoms with Gasteiger partial charge in [-0.3, -0.25) is 9.69 Å². The second-order valence-corrected chi connectivity index (χ2v) is 8.63. The van der Waals surface area contributed by atoms with E-state index in [0.29, 0.717) is 30.5 Å². The Morgan fingerprint density at radius 3 is 2.81 bits per heavy atom. The summed E-state index contributed by atoms with van der Waals surface area (Å²) in [6.07, 6.45) is 2.15. The highest BCUT2D eigenvalue weighted by Crippen LogP contribution is 2.27. The minimum Gasteiger partial charge on any atom is -0.492 e.